The summed E-state index contributed by atoms with van der Waals surface area (Å²) in [5.41, 5.74) is 6.11. The number of rotatable bonds is 2. The van der Waals surface area contributed by atoms with Gasteiger partial charge in [-0.2, -0.15) is 0 Å². The Morgan fingerprint density at radius 2 is 1.91 bits per heavy atom. The van der Waals surface area contributed by atoms with Crippen LogP contribution >= 0.6 is 0 Å². The number of nitrogens with zero attached hydrogens (tertiary/aromatic N) is 4. The Labute approximate surface area is 130 Å². The van der Waals surface area contributed by atoms with Gasteiger partial charge in [-0.15, -0.1) is 0 Å². The first kappa shape index (κ1) is 16.1. The normalized spacial score (nSPS) is 15.6. The fraction of sp³-hybridized carbons (Fsp3) is 0.643. The van der Waals surface area contributed by atoms with Gasteiger partial charge in [-0.1, -0.05) is 0 Å². The van der Waals surface area contributed by atoms with Gasteiger partial charge in [0.25, 0.3) is 0 Å². The van der Waals surface area contributed by atoms with Crippen LogP contribution in [0.15, 0.2) is 6.33 Å². The summed E-state index contributed by atoms with van der Waals surface area (Å²) in [5.74, 6) is 1.31. The molecule has 0 aromatic carbocycles. The van der Waals surface area contributed by atoms with Crippen molar-refractivity contribution in [1.82, 2.24) is 14.9 Å². The van der Waals surface area contributed by atoms with Crippen LogP contribution in [-0.4, -0.2) is 59.8 Å². The number of carbonyl (C=O) groups excluding carboxylic acids is 1. The topological polar surface area (TPSA) is 96.6 Å². The van der Waals surface area contributed by atoms with Gasteiger partial charge in [0.2, 0.25) is 0 Å². The Morgan fingerprint density at radius 3 is 2.45 bits per heavy atom. The smallest absolute Gasteiger partial charge is 0.410 e. The van der Waals surface area contributed by atoms with Gasteiger partial charge in [0, 0.05) is 33.2 Å². The fourth-order valence-corrected chi connectivity index (χ4v) is 2.26. The summed E-state index contributed by atoms with van der Waals surface area (Å²) in [7, 11) is 1.77. The van der Waals surface area contributed by atoms with Crippen molar-refractivity contribution in [2.75, 3.05) is 49.2 Å². The molecule has 122 valence electrons. The summed E-state index contributed by atoms with van der Waals surface area (Å²) >= 11 is 0. The number of nitrogens with two attached hydrogens (primary N) is 1. The van der Waals surface area contributed by atoms with E-state index in [1.807, 2.05) is 20.8 Å². The molecule has 0 radical (unpaired) electrons. The van der Waals surface area contributed by atoms with Gasteiger partial charge >= 0.3 is 6.09 Å². The Hall–Kier alpha value is -2.25. The molecule has 0 unspecified atom stereocenters. The number of hydrogen-bond acceptors (Lipinski definition) is 7. The highest BCUT2D eigenvalue weighted by Crippen LogP contribution is 2.26. The summed E-state index contributed by atoms with van der Waals surface area (Å²) in [6, 6.07) is 0. The van der Waals surface area contributed by atoms with Crippen LogP contribution in [0.3, 0.4) is 0 Å². The molecule has 1 fully saturated rings. The summed E-state index contributed by atoms with van der Waals surface area (Å²) in [5, 5.41) is 2.94. The number of nitrogen functional groups attached to an aromatic ring is 1. The molecule has 0 spiro atoms. The van der Waals surface area contributed by atoms with Gasteiger partial charge in [0.1, 0.15) is 17.6 Å². The van der Waals surface area contributed by atoms with E-state index in [9.17, 15) is 4.79 Å². The third-order valence-electron chi connectivity index (χ3n) is 3.33. The molecule has 2 rings (SSSR count). The molecule has 1 aliphatic rings. The van der Waals surface area contributed by atoms with Crippen molar-refractivity contribution in [3.05, 3.63) is 6.33 Å². The first-order valence-corrected chi connectivity index (χ1v) is 7.33. The monoisotopic (exact) mass is 308 g/mol. The van der Waals surface area contributed by atoms with E-state index in [-0.39, 0.29) is 6.09 Å². The predicted molar refractivity (Wildman–Crippen MR) is 86.0 cm³/mol. The average Bonchev–Trinajstić information content (AvgIpc) is 2.46. The second-order valence-electron chi connectivity index (χ2n) is 6.16. The second kappa shape index (κ2) is 6.25. The molecule has 0 saturated carbocycles. The van der Waals surface area contributed by atoms with Crippen LogP contribution in [-0.2, 0) is 4.74 Å². The summed E-state index contributed by atoms with van der Waals surface area (Å²) in [6.07, 6.45) is 1.20. The molecule has 0 aliphatic carbocycles. The molecule has 8 heteroatoms. The molecule has 1 aliphatic heterocycles. The third kappa shape index (κ3) is 3.69. The molecular formula is C14H24N6O2. The van der Waals surface area contributed by atoms with Crippen LogP contribution in [0.1, 0.15) is 20.8 Å². The van der Waals surface area contributed by atoms with Crippen molar-refractivity contribution < 1.29 is 9.53 Å². The van der Waals surface area contributed by atoms with Gasteiger partial charge < -0.3 is 25.6 Å². The van der Waals surface area contributed by atoms with Crippen molar-refractivity contribution in [3.63, 3.8) is 0 Å². The second-order valence-corrected chi connectivity index (χ2v) is 6.16. The molecule has 22 heavy (non-hydrogen) atoms. The molecule has 2 heterocycles. The number of hydrogen-bond donors (Lipinski definition) is 2. The lowest BCUT2D eigenvalue weighted by Gasteiger charge is -2.36. The third-order valence-corrected chi connectivity index (χ3v) is 3.33. The van der Waals surface area contributed by atoms with E-state index in [1.54, 1.807) is 11.9 Å². The Bertz CT molecular complexity index is 535. The van der Waals surface area contributed by atoms with Crippen LogP contribution < -0.4 is 16.0 Å². The van der Waals surface area contributed by atoms with E-state index >= 15 is 0 Å². The lowest BCUT2D eigenvalue weighted by atomic mass is 10.2. The number of piperazine rings is 1. The van der Waals surface area contributed by atoms with Crippen molar-refractivity contribution in [2.45, 2.75) is 26.4 Å². The Kier molecular flexibility index (Phi) is 4.58. The van der Waals surface area contributed by atoms with E-state index in [2.05, 4.69) is 20.2 Å². The molecule has 8 nitrogen and oxygen atoms in total. The first-order valence-electron chi connectivity index (χ1n) is 7.33. The van der Waals surface area contributed by atoms with Crippen molar-refractivity contribution >= 4 is 23.4 Å². The van der Waals surface area contributed by atoms with Crippen LogP contribution in [0.25, 0.3) is 0 Å². The van der Waals surface area contributed by atoms with Gasteiger partial charge in [-0.25, -0.2) is 14.8 Å². The highest BCUT2D eigenvalue weighted by molar-refractivity contribution is 5.75. The fourth-order valence-electron chi connectivity index (χ4n) is 2.26. The molecular weight excluding hydrogens is 284 g/mol. The van der Waals surface area contributed by atoms with E-state index < -0.39 is 5.60 Å². The van der Waals surface area contributed by atoms with Crippen molar-refractivity contribution in [1.29, 1.82) is 0 Å². The first-order chi connectivity index (χ1) is 10.3. The number of amides is 1. The number of anilines is 3. The van der Waals surface area contributed by atoms with Crippen molar-refractivity contribution in [2.24, 2.45) is 0 Å². The zero-order chi connectivity index (χ0) is 16.3. The van der Waals surface area contributed by atoms with Crippen LogP contribution in [0, 0.1) is 0 Å². The minimum absolute atomic E-state index is 0.279. The lowest BCUT2D eigenvalue weighted by molar-refractivity contribution is 0.0240. The number of ether oxygens (including phenoxy) is 1. The highest BCUT2D eigenvalue weighted by atomic mass is 16.6. The summed E-state index contributed by atoms with van der Waals surface area (Å²) < 4.78 is 5.39. The molecule has 1 amide bonds. The zero-order valence-corrected chi connectivity index (χ0v) is 13.6. The lowest BCUT2D eigenvalue weighted by Crippen LogP contribution is -2.50. The van der Waals surface area contributed by atoms with Crippen LogP contribution in [0.4, 0.5) is 22.1 Å². The average molecular weight is 308 g/mol. The van der Waals surface area contributed by atoms with Crippen LogP contribution in [0.2, 0.25) is 0 Å². The van der Waals surface area contributed by atoms with Crippen LogP contribution in [0.5, 0.6) is 0 Å². The quantitative estimate of drug-likeness (QED) is 0.846. The predicted octanol–water partition coefficient (Wildman–Crippen LogP) is 1.16. The minimum Gasteiger partial charge on any atom is -0.444 e. The minimum atomic E-state index is -0.479. The van der Waals surface area contributed by atoms with Gasteiger partial charge in [-0.05, 0) is 20.8 Å². The molecule has 0 atom stereocenters. The Balaban J connectivity index is 1.99. The highest BCUT2D eigenvalue weighted by Gasteiger charge is 2.27. The number of carbonyl (C=O) groups is 1. The maximum absolute atomic E-state index is 12.0. The SMILES string of the molecule is CNc1ncnc(N2CCN(C(=O)OC(C)(C)C)CC2)c1N. The van der Waals surface area contributed by atoms with Crippen molar-refractivity contribution in [3.8, 4) is 0 Å². The standard InChI is InChI=1S/C14H24N6O2/c1-14(2,3)22-13(21)20-7-5-19(6-8-20)12-10(15)11(16-4)17-9-18-12/h9H,5-8,15H2,1-4H3,(H,16,17,18). The zero-order valence-electron chi connectivity index (χ0n) is 13.6. The maximum atomic E-state index is 12.0. The molecule has 0 bridgehead atoms. The summed E-state index contributed by atoms with van der Waals surface area (Å²) in [6.45, 7) is 8.06. The maximum Gasteiger partial charge on any atom is 0.410 e. The van der Waals surface area contributed by atoms with E-state index in [4.69, 9.17) is 10.5 Å². The largest absolute Gasteiger partial charge is 0.444 e. The summed E-state index contributed by atoms with van der Waals surface area (Å²) in [4.78, 5) is 24.1. The van der Waals surface area contributed by atoms with E-state index in [0.717, 1.165) is 0 Å². The molecule has 1 aromatic rings. The van der Waals surface area contributed by atoms with Gasteiger partial charge in [-0.3, -0.25) is 0 Å². The van der Waals surface area contributed by atoms with E-state index in [1.165, 1.54) is 6.33 Å². The van der Waals surface area contributed by atoms with E-state index in [0.29, 0.717) is 43.5 Å². The number of aromatic nitrogens is 2. The van der Waals surface area contributed by atoms with Gasteiger partial charge in [0.05, 0.1) is 0 Å². The Morgan fingerprint density at radius 1 is 1.27 bits per heavy atom. The molecule has 3 N–H and O–H groups in total. The molecule has 1 saturated heterocycles. The molecule has 1 aromatic heterocycles. The number of nitrogens with one attached hydrogen (secondary N) is 1. The van der Waals surface area contributed by atoms with Gasteiger partial charge in [0.15, 0.2) is 11.6 Å².